The molecule has 0 aliphatic carbocycles. The maximum atomic E-state index is 12.0. The average molecular weight is 442 g/mol. The fraction of sp³-hybridized carbons (Fsp3) is 0.750. The Bertz CT molecular complexity index is 747. The molecule has 2 N–H and O–H groups in total. The Kier molecular flexibility index (Phi) is 8.98. The fourth-order valence-corrected chi connectivity index (χ4v) is 5.07. The van der Waals surface area contributed by atoms with Gasteiger partial charge in [0.15, 0.2) is 5.96 Å². The SMILES string of the molecule is CS(=O)(=O)N1CCC[C@@H]1CN=C(NCCCN1CCOCC1)NCCc1ccco1. The maximum absolute atomic E-state index is 12.0. The normalized spacial score (nSPS) is 21.8. The summed E-state index contributed by atoms with van der Waals surface area (Å²) in [6, 6.07) is 3.78. The molecule has 0 radical (unpaired) electrons. The van der Waals surface area contributed by atoms with Crippen LogP contribution in [-0.4, -0.2) is 94.9 Å². The number of nitrogens with one attached hydrogen (secondary N) is 2. The summed E-state index contributed by atoms with van der Waals surface area (Å²) in [5, 5.41) is 6.75. The Balaban J connectivity index is 1.49. The predicted octanol–water partition coefficient (Wildman–Crippen LogP) is 0.504. The highest BCUT2D eigenvalue weighted by atomic mass is 32.2. The third kappa shape index (κ3) is 7.57. The molecule has 10 heteroatoms. The number of hydrogen-bond donors (Lipinski definition) is 2. The number of furan rings is 1. The largest absolute Gasteiger partial charge is 0.469 e. The fourth-order valence-electron chi connectivity index (χ4n) is 3.89. The lowest BCUT2D eigenvalue weighted by molar-refractivity contribution is 0.0376. The van der Waals surface area contributed by atoms with Crippen molar-refractivity contribution in [3.63, 3.8) is 0 Å². The van der Waals surface area contributed by atoms with Gasteiger partial charge in [0.25, 0.3) is 0 Å². The molecule has 1 aromatic rings. The minimum Gasteiger partial charge on any atom is -0.469 e. The van der Waals surface area contributed by atoms with Crippen LogP contribution in [0.1, 0.15) is 25.0 Å². The maximum Gasteiger partial charge on any atom is 0.211 e. The molecule has 0 aromatic carbocycles. The Morgan fingerprint density at radius 2 is 2.03 bits per heavy atom. The average Bonchev–Trinajstić information content (AvgIpc) is 3.41. The van der Waals surface area contributed by atoms with Crippen LogP contribution in [-0.2, 0) is 21.2 Å². The monoisotopic (exact) mass is 441 g/mol. The first-order valence-corrected chi connectivity index (χ1v) is 12.7. The van der Waals surface area contributed by atoms with E-state index in [2.05, 4.69) is 15.5 Å². The summed E-state index contributed by atoms with van der Waals surface area (Å²) in [5.41, 5.74) is 0. The second kappa shape index (κ2) is 11.7. The standard InChI is InChI=1S/C20H35N5O4S/c1-30(26,27)25-11-2-5-18(25)17-23-20(22-9-7-19-6-3-14-29-19)21-8-4-10-24-12-15-28-16-13-24/h3,6,14,18H,2,4-5,7-13,15-17H2,1H3,(H2,21,22,23)/t18-/m1/s1. The van der Waals surface area contributed by atoms with Crippen molar-refractivity contribution in [1.82, 2.24) is 19.8 Å². The molecule has 0 unspecified atom stereocenters. The first-order chi connectivity index (χ1) is 14.5. The van der Waals surface area contributed by atoms with Crippen molar-refractivity contribution in [1.29, 1.82) is 0 Å². The van der Waals surface area contributed by atoms with Gasteiger partial charge in [-0.25, -0.2) is 8.42 Å². The molecule has 1 aromatic heterocycles. The van der Waals surface area contributed by atoms with Crippen molar-refractivity contribution >= 4 is 16.0 Å². The van der Waals surface area contributed by atoms with Gasteiger partial charge in [-0.3, -0.25) is 9.89 Å². The molecule has 9 nitrogen and oxygen atoms in total. The van der Waals surface area contributed by atoms with Gasteiger partial charge in [-0.15, -0.1) is 0 Å². The highest BCUT2D eigenvalue weighted by Crippen LogP contribution is 2.20. The van der Waals surface area contributed by atoms with Crippen molar-refractivity contribution in [3.05, 3.63) is 24.2 Å². The molecule has 170 valence electrons. The number of sulfonamides is 1. The summed E-state index contributed by atoms with van der Waals surface area (Å²) in [7, 11) is -3.18. The highest BCUT2D eigenvalue weighted by molar-refractivity contribution is 7.88. The summed E-state index contributed by atoms with van der Waals surface area (Å²) in [5.74, 6) is 1.65. The number of morpholine rings is 1. The first-order valence-electron chi connectivity index (χ1n) is 10.8. The van der Waals surface area contributed by atoms with E-state index < -0.39 is 10.0 Å². The van der Waals surface area contributed by atoms with Crippen molar-refractivity contribution in [2.75, 3.05) is 65.3 Å². The summed E-state index contributed by atoms with van der Waals surface area (Å²) in [6.45, 7) is 7.20. The lowest BCUT2D eigenvalue weighted by atomic mass is 10.2. The van der Waals surface area contributed by atoms with Crippen LogP contribution in [0.5, 0.6) is 0 Å². The molecule has 0 spiro atoms. The number of rotatable bonds is 10. The Hall–Kier alpha value is -1.62. The molecule has 3 heterocycles. The summed E-state index contributed by atoms with van der Waals surface area (Å²) in [4.78, 5) is 7.11. The molecule has 1 atom stereocenters. The van der Waals surface area contributed by atoms with E-state index in [9.17, 15) is 8.42 Å². The van der Waals surface area contributed by atoms with Gasteiger partial charge in [0, 0.05) is 45.2 Å². The second-order valence-electron chi connectivity index (χ2n) is 7.85. The van der Waals surface area contributed by atoms with E-state index in [-0.39, 0.29) is 6.04 Å². The van der Waals surface area contributed by atoms with Crippen LogP contribution in [0, 0.1) is 0 Å². The molecule has 0 bridgehead atoms. The third-order valence-corrected chi connectivity index (χ3v) is 6.83. The molecule has 3 rings (SSSR count). The van der Waals surface area contributed by atoms with Crippen molar-refractivity contribution in [2.24, 2.45) is 4.99 Å². The zero-order valence-electron chi connectivity index (χ0n) is 17.9. The van der Waals surface area contributed by atoms with Crippen LogP contribution < -0.4 is 10.6 Å². The van der Waals surface area contributed by atoms with E-state index in [1.165, 1.54) is 6.26 Å². The predicted molar refractivity (Wildman–Crippen MR) is 117 cm³/mol. The molecule has 30 heavy (non-hydrogen) atoms. The molecular formula is C20H35N5O4S. The highest BCUT2D eigenvalue weighted by Gasteiger charge is 2.31. The van der Waals surface area contributed by atoms with E-state index in [0.717, 1.165) is 76.8 Å². The van der Waals surface area contributed by atoms with Gasteiger partial charge in [0.2, 0.25) is 10.0 Å². The molecule has 2 fully saturated rings. The number of ether oxygens (including phenoxy) is 1. The van der Waals surface area contributed by atoms with Gasteiger partial charge in [-0.05, 0) is 37.9 Å². The van der Waals surface area contributed by atoms with Crippen LogP contribution in [0.2, 0.25) is 0 Å². The van der Waals surface area contributed by atoms with Gasteiger partial charge >= 0.3 is 0 Å². The van der Waals surface area contributed by atoms with E-state index in [1.807, 2.05) is 12.1 Å². The van der Waals surface area contributed by atoms with Crippen LogP contribution in [0.4, 0.5) is 0 Å². The van der Waals surface area contributed by atoms with Crippen LogP contribution in [0.15, 0.2) is 27.8 Å². The van der Waals surface area contributed by atoms with E-state index in [0.29, 0.717) is 19.6 Å². The van der Waals surface area contributed by atoms with Gasteiger partial charge in [-0.1, -0.05) is 0 Å². The topological polar surface area (TPSA) is 99.4 Å². The van der Waals surface area contributed by atoms with Crippen molar-refractivity contribution < 1.29 is 17.6 Å². The number of hydrogen-bond acceptors (Lipinski definition) is 6. The lowest BCUT2D eigenvalue weighted by Gasteiger charge is -2.26. The molecule has 2 aliphatic rings. The van der Waals surface area contributed by atoms with Crippen LogP contribution in [0.25, 0.3) is 0 Å². The summed E-state index contributed by atoms with van der Waals surface area (Å²) >= 11 is 0. The summed E-state index contributed by atoms with van der Waals surface area (Å²) in [6.07, 6.45) is 6.47. The smallest absolute Gasteiger partial charge is 0.211 e. The van der Waals surface area contributed by atoms with E-state index in [1.54, 1.807) is 10.6 Å². The molecule has 0 amide bonds. The minimum atomic E-state index is -3.18. The van der Waals surface area contributed by atoms with Crippen molar-refractivity contribution in [2.45, 2.75) is 31.7 Å². The number of guanidine groups is 1. The van der Waals surface area contributed by atoms with Gasteiger partial charge in [0.05, 0.1) is 32.3 Å². The van der Waals surface area contributed by atoms with Crippen LogP contribution >= 0.6 is 0 Å². The quantitative estimate of drug-likeness (QED) is 0.310. The Morgan fingerprint density at radius 3 is 2.77 bits per heavy atom. The number of nitrogens with zero attached hydrogens (tertiary/aromatic N) is 3. The number of aliphatic imine (C=N–C) groups is 1. The minimum absolute atomic E-state index is 0.0583. The van der Waals surface area contributed by atoms with Gasteiger partial charge < -0.3 is 19.8 Å². The zero-order chi connectivity index (χ0) is 21.2. The Labute approximate surface area is 179 Å². The lowest BCUT2D eigenvalue weighted by Crippen LogP contribution is -2.42. The van der Waals surface area contributed by atoms with E-state index >= 15 is 0 Å². The first kappa shape index (κ1) is 23.1. The van der Waals surface area contributed by atoms with Crippen molar-refractivity contribution in [3.8, 4) is 0 Å². The molecule has 0 saturated carbocycles. The van der Waals surface area contributed by atoms with Gasteiger partial charge in [0.1, 0.15) is 5.76 Å². The molecule has 2 aliphatic heterocycles. The van der Waals surface area contributed by atoms with E-state index in [4.69, 9.17) is 14.1 Å². The third-order valence-electron chi connectivity index (χ3n) is 5.50. The second-order valence-corrected chi connectivity index (χ2v) is 9.78. The molecule has 2 saturated heterocycles. The van der Waals surface area contributed by atoms with Gasteiger partial charge in [-0.2, -0.15) is 4.31 Å². The van der Waals surface area contributed by atoms with Crippen LogP contribution in [0.3, 0.4) is 0 Å². The molecular weight excluding hydrogens is 406 g/mol. The Morgan fingerprint density at radius 1 is 1.23 bits per heavy atom. The zero-order valence-corrected chi connectivity index (χ0v) is 18.7. The summed E-state index contributed by atoms with van der Waals surface area (Å²) < 4.78 is 36.3.